The Hall–Kier alpha value is -1.10. The van der Waals surface area contributed by atoms with Crippen molar-refractivity contribution in [1.29, 1.82) is 0 Å². The summed E-state index contributed by atoms with van der Waals surface area (Å²) in [6, 6.07) is 0. The van der Waals surface area contributed by atoms with E-state index in [2.05, 4.69) is 6.92 Å². The minimum Gasteiger partial charge on any atom is -0.481 e. The van der Waals surface area contributed by atoms with E-state index in [0.29, 0.717) is 11.8 Å². The van der Waals surface area contributed by atoms with Crippen LogP contribution in [0.5, 0.6) is 0 Å². The zero-order valence-electron chi connectivity index (χ0n) is 12.7. The first-order valence-electron chi connectivity index (χ1n) is 8.05. The Morgan fingerprint density at radius 2 is 1.90 bits per heavy atom. The van der Waals surface area contributed by atoms with Crippen molar-refractivity contribution >= 4 is 11.9 Å². The van der Waals surface area contributed by atoms with E-state index in [0.717, 1.165) is 25.7 Å². The molecule has 5 heteroatoms. The highest BCUT2D eigenvalue weighted by molar-refractivity contribution is 5.80. The second-order valence-corrected chi connectivity index (χ2v) is 6.99. The van der Waals surface area contributed by atoms with E-state index in [1.165, 1.54) is 0 Å². The average molecular weight is 296 g/mol. The van der Waals surface area contributed by atoms with Gasteiger partial charge in [-0.3, -0.25) is 9.59 Å². The number of esters is 1. The topological polar surface area (TPSA) is 72.8 Å². The number of carbonyl (C=O) groups is 2. The summed E-state index contributed by atoms with van der Waals surface area (Å²) in [7, 11) is 0. The summed E-state index contributed by atoms with van der Waals surface area (Å²) in [5.74, 6) is -0.483. The van der Waals surface area contributed by atoms with Crippen molar-refractivity contribution in [2.45, 2.75) is 58.3 Å². The van der Waals surface area contributed by atoms with E-state index in [9.17, 15) is 9.59 Å². The smallest absolute Gasteiger partial charge is 0.312 e. The predicted octanol–water partition coefficient (Wildman–Crippen LogP) is 2.44. The largest absolute Gasteiger partial charge is 0.481 e. The Bertz CT molecular complexity index is 434. The quantitative estimate of drug-likeness (QED) is 0.792. The van der Waals surface area contributed by atoms with Crippen molar-refractivity contribution in [2.24, 2.45) is 29.6 Å². The Balaban J connectivity index is 1.90. The molecule has 2 saturated heterocycles. The lowest BCUT2D eigenvalue weighted by molar-refractivity contribution is -0.242. The molecule has 0 amide bonds. The third-order valence-electron chi connectivity index (χ3n) is 5.71. The van der Waals surface area contributed by atoms with E-state index >= 15 is 0 Å². The van der Waals surface area contributed by atoms with E-state index in [1.807, 2.05) is 6.92 Å². The van der Waals surface area contributed by atoms with Gasteiger partial charge in [-0.25, -0.2) is 0 Å². The molecule has 2 heterocycles. The summed E-state index contributed by atoms with van der Waals surface area (Å²) in [6.45, 7) is 4.28. The fourth-order valence-corrected chi connectivity index (χ4v) is 4.63. The molecule has 5 nitrogen and oxygen atoms in total. The molecule has 1 N–H and O–H groups in total. The van der Waals surface area contributed by atoms with Gasteiger partial charge in [0.2, 0.25) is 6.29 Å². The zero-order chi connectivity index (χ0) is 15.1. The molecule has 118 valence electrons. The summed E-state index contributed by atoms with van der Waals surface area (Å²) in [4.78, 5) is 23.3. The highest BCUT2D eigenvalue weighted by Gasteiger charge is 2.54. The van der Waals surface area contributed by atoms with Crippen molar-refractivity contribution in [1.82, 2.24) is 0 Å². The first-order valence-corrected chi connectivity index (χ1v) is 8.05. The number of ether oxygens (including phenoxy) is 2. The molecule has 21 heavy (non-hydrogen) atoms. The summed E-state index contributed by atoms with van der Waals surface area (Å²) >= 11 is 0. The Kier molecular flexibility index (Phi) is 3.95. The first-order chi connectivity index (χ1) is 9.97. The van der Waals surface area contributed by atoms with Crippen molar-refractivity contribution < 1.29 is 24.2 Å². The molecular weight excluding hydrogens is 272 g/mol. The van der Waals surface area contributed by atoms with E-state index < -0.39 is 18.2 Å². The Morgan fingerprint density at radius 3 is 2.62 bits per heavy atom. The van der Waals surface area contributed by atoms with Gasteiger partial charge in [-0.1, -0.05) is 13.3 Å². The lowest BCUT2D eigenvalue weighted by Crippen LogP contribution is -2.52. The molecule has 2 aliphatic heterocycles. The SMILES string of the molecule is CC1CCC2C3C(OC(=O)C(CC(=O)O)[C@@H]3CC[C@H]2C)O1. The van der Waals surface area contributed by atoms with Crippen molar-refractivity contribution in [2.75, 3.05) is 0 Å². The first kappa shape index (κ1) is 14.8. The fourth-order valence-electron chi connectivity index (χ4n) is 4.63. The molecule has 0 bridgehead atoms. The summed E-state index contributed by atoms with van der Waals surface area (Å²) in [5, 5.41) is 9.09. The minimum absolute atomic E-state index is 0.0947. The number of carbonyl (C=O) groups excluding carboxylic acids is 1. The molecule has 0 aromatic carbocycles. The maximum Gasteiger partial charge on any atom is 0.312 e. The van der Waals surface area contributed by atoms with E-state index in [-0.39, 0.29) is 30.3 Å². The predicted molar refractivity (Wildman–Crippen MR) is 74.3 cm³/mol. The van der Waals surface area contributed by atoms with Gasteiger partial charge in [0.15, 0.2) is 0 Å². The zero-order valence-corrected chi connectivity index (χ0v) is 12.7. The van der Waals surface area contributed by atoms with Crippen LogP contribution in [-0.2, 0) is 19.1 Å². The van der Waals surface area contributed by atoms with Gasteiger partial charge in [-0.05, 0) is 43.9 Å². The van der Waals surface area contributed by atoms with Gasteiger partial charge in [0.1, 0.15) is 0 Å². The number of hydrogen-bond donors (Lipinski definition) is 1. The molecule has 0 aromatic rings. The lowest BCUT2D eigenvalue weighted by Gasteiger charge is -2.48. The second kappa shape index (κ2) is 5.59. The maximum absolute atomic E-state index is 12.2. The van der Waals surface area contributed by atoms with Crippen LogP contribution in [0.3, 0.4) is 0 Å². The van der Waals surface area contributed by atoms with Crippen LogP contribution in [0, 0.1) is 29.6 Å². The van der Waals surface area contributed by atoms with Crippen LogP contribution in [0.1, 0.15) is 46.0 Å². The number of carboxylic acid groups (broad SMARTS) is 1. The van der Waals surface area contributed by atoms with Crippen LogP contribution in [-0.4, -0.2) is 29.4 Å². The standard InChI is InChI=1S/C16H24O5/c1-8-3-5-11-12(7-13(17)18)15(19)21-16-14(11)10(8)6-4-9(2)20-16/h8-12,14,16H,3-7H2,1-2H3,(H,17,18)/t8-,9?,10?,11+,12?,14?,16?/m1/s1. The normalized spacial score (nSPS) is 46.2. The fraction of sp³-hybridized carbons (Fsp3) is 0.875. The van der Waals surface area contributed by atoms with Crippen LogP contribution < -0.4 is 0 Å². The van der Waals surface area contributed by atoms with E-state index in [4.69, 9.17) is 14.6 Å². The van der Waals surface area contributed by atoms with Crippen molar-refractivity contribution in [3.63, 3.8) is 0 Å². The van der Waals surface area contributed by atoms with Gasteiger partial charge in [-0.2, -0.15) is 0 Å². The molecule has 7 atom stereocenters. The van der Waals surface area contributed by atoms with Gasteiger partial charge in [0.05, 0.1) is 18.4 Å². The van der Waals surface area contributed by atoms with Crippen molar-refractivity contribution in [3.05, 3.63) is 0 Å². The van der Waals surface area contributed by atoms with Gasteiger partial charge in [-0.15, -0.1) is 0 Å². The molecule has 0 radical (unpaired) electrons. The summed E-state index contributed by atoms with van der Waals surface area (Å²) in [5.41, 5.74) is 0. The molecule has 3 fully saturated rings. The molecule has 3 rings (SSSR count). The maximum atomic E-state index is 12.2. The Morgan fingerprint density at radius 1 is 1.19 bits per heavy atom. The van der Waals surface area contributed by atoms with Crippen molar-refractivity contribution in [3.8, 4) is 0 Å². The van der Waals surface area contributed by atoms with Gasteiger partial charge >= 0.3 is 11.9 Å². The highest BCUT2D eigenvalue weighted by atomic mass is 16.7. The van der Waals surface area contributed by atoms with Gasteiger partial charge in [0.25, 0.3) is 0 Å². The van der Waals surface area contributed by atoms with Gasteiger partial charge < -0.3 is 14.6 Å². The van der Waals surface area contributed by atoms with Crippen LogP contribution in [0.15, 0.2) is 0 Å². The monoisotopic (exact) mass is 296 g/mol. The van der Waals surface area contributed by atoms with Crippen LogP contribution in [0.4, 0.5) is 0 Å². The average Bonchev–Trinajstić information content (AvgIpc) is 2.57. The molecule has 0 aromatic heterocycles. The number of hydrogen-bond acceptors (Lipinski definition) is 4. The Labute approximate surface area is 125 Å². The minimum atomic E-state index is -0.923. The third kappa shape index (κ3) is 2.68. The van der Waals surface area contributed by atoms with Crippen LogP contribution >= 0.6 is 0 Å². The van der Waals surface area contributed by atoms with E-state index in [1.54, 1.807) is 0 Å². The lowest BCUT2D eigenvalue weighted by atomic mass is 9.60. The third-order valence-corrected chi connectivity index (χ3v) is 5.71. The number of rotatable bonds is 2. The molecule has 3 aliphatic rings. The molecule has 5 unspecified atom stereocenters. The summed E-state index contributed by atoms with van der Waals surface area (Å²) < 4.78 is 11.4. The second-order valence-electron chi connectivity index (χ2n) is 6.99. The molecule has 0 spiro atoms. The number of carboxylic acids is 1. The van der Waals surface area contributed by atoms with Crippen LogP contribution in [0.2, 0.25) is 0 Å². The summed E-state index contributed by atoms with van der Waals surface area (Å²) in [6.07, 6.45) is 3.53. The molecule has 1 saturated carbocycles. The van der Waals surface area contributed by atoms with Gasteiger partial charge in [0, 0.05) is 5.92 Å². The highest BCUT2D eigenvalue weighted by Crippen LogP contribution is 2.51. The molecular formula is C16H24O5. The molecule has 1 aliphatic carbocycles. The van der Waals surface area contributed by atoms with Crippen LogP contribution in [0.25, 0.3) is 0 Å². The number of aliphatic carboxylic acids is 1.